The lowest BCUT2D eigenvalue weighted by molar-refractivity contribution is -0.141. The van der Waals surface area contributed by atoms with Crippen molar-refractivity contribution in [3.8, 4) is 0 Å². The molecule has 0 aromatic carbocycles. The summed E-state index contributed by atoms with van der Waals surface area (Å²) in [6.45, 7) is 0.376. The summed E-state index contributed by atoms with van der Waals surface area (Å²) in [5, 5.41) is 0. The number of aromatic nitrogens is 3. The lowest BCUT2D eigenvalue weighted by Gasteiger charge is -2.18. The van der Waals surface area contributed by atoms with Crippen LogP contribution in [-0.2, 0) is 12.6 Å². The fourth-order valence-corrected chi connectivity index (χ4v) is 1.70. The number of nitrogens with one attached hydrogen (secondary N) is 1. The Balaban J connectivity index is 2.14. The van der Waals surface area contributed by atoms with Gasteiger partial charge < -0.3 is 4.90 Å². The van der Waals surface area contributed by atoms with Gasteiger partial charge in [0.15, 0.2) is 5.69 Å². The lowest BCUT2D eigenvalue weighted by atomic mass is 10.2. The Morgan fingerprint density at radius 3 is 2.71 bits per heavy atom. The minimum absolute atomic E-state index is 0.120. The van der Waals surface area contributed by atoms with E-state index in [2.05, 4.69) is 15.0 Å². The number of hydrogen-bond donors (Lipinski definition) is 1. The number of pyridine rings is 1. The quantitative estimate of drug-likeness (QED) is 0.936. The Morgan fingerprint density at radius 1 is 1.33 bits per heavy atom. The van der Waals surface area contributed by atoms with E-state index in [9.17, 15) is 18.0 Å². The van der Waals surface area contributed by atoms with Gasteiger partial charge in [0.25, 0.3) is 5.56 Å². The number of nitrogens with zero attached hydrogens (tertiary/aromatic N) is 3. The zero-order valence-corrected chi connectivity index (χ0v) is 11.2. The van der Waals surface area contributed by atoms with Gasteiger partial charge in [-0.15, -0.1) is 0 Å². The molecule has 0 atom stereocenters. The van der Waals surface area contributed by atoms with Gasteiger partial charge in [0.2, 0.25) is 5.95 Å². The van der Waals surface area contributed by atoms with Crippen molar-refractivity contribution in [3.05, 3.63) is 52.2 Å². The van der Waals surface area contributed by atoms with Crippen molar-refractivity contribution in [1.29, 1.82) is 0 Å². The smallest absolute Gasteiger partial charge is 0.345 e. The van der Waals surface area contributed by atoms with Crippen LogP contribution in [0, 0.1) is 0 Å². The van der Waals surface area contributed by atoms with Crippen molar-refractivity contribution in [2.24, 2.45) is 0 Å². The first-order valence-corrected chi connectivity index (χ1v) is 6.16. The number of hydrogen-bond acceptors (Lipinski definition) is 4. The van der Waals surface area contributed by atoms with E-state index in [-0.39, 0.29) is 5.95 Å². The minimum Gasteiger partial charge on any atom is -0.345 e. The molecular formula is C13H13F3N4O. The number of likely N-dealkylation sites (N-methyl/N-ethyl adjacent to an activating group) is 1. The molecule has 21 heavy (non-hydrogen) atoms. The van der Waals surface area contributed by atoms with E-state index in [0.717, 1.165) is 5.69 Å². The molecule has 0 aliphatic heterocycles. The third-order valence-corrected chi connectivity index (χ3v) is 2.81. The van der Waals surface area contributed by atoms with Crippen molar-refractivity contribution >= 4 is 5.95 Å². The van der Waals surface area contributed by atoms with Crippen molar-refractivity contribution < 1.29 is 13.2 Å². The molecule has 0 unspecified atom stereocenters. The molecule has 2 aromatic heterocycles. The van der Waals surface area contributed by atoms with Crippen LogP contribution in [0.2, 0.25) is 0 Å². The molecule has 112 valence electrons. The highest BCUT2D eigenvalue weighted by molar-refractivity contribution is 5.29. The predicted octanol–water partition coefficient (Wildman–Crippen LogP) is 1.86. The summed E-state index contributed by atoms with van der Waals surface area (Å²) in [6, 6.07) is 5.86. The standard InChI is InChI=1S/C13H13F3N4O/c1-20(7-5-9-4-2-3-6-17-9)12-18-10(13(14,15)16)8-11(21)19-12/h2-4,6,8H,5,7H2,1H3,(H,18,19,21). The van der Waals surface area contributed by atoms with E-state index in [1.54, 1.807) is 19.3 Å². The van der Waals surface area contributed by atoms with Crippen LogP contribution in [0.5, 0.6) is 0 Å². The fraction of sp³-hybridized carbons (Fsp3) is 0.308. The van der Waals surface area contributed by atoms with Crippen LogP contribution >= 0.6 is 0 Å². The molecule has 2 aromatic rings. The molecule has 2 heterocycles. The van der Waals surface area contributed by atoms with Gasteiger partial charge in [0, 0.05) is 38.0 Å². The minimum atomic E-state index is -4.65. The second-order valence-corrected chi connectivity index (χ2v) is 4.44. The zero-order valence-electron chi connectivity index (χ0n) is 11.2. The highest BCUT2D eigenvalue weighted by atomic mass is 19.4. The Hall–Kier alpha value is -2.38. The first-order valence-electron chi connectivity index (χ1n) is 6.16. The molecule has 5 nitrogen and oxygen atoms in total. The van der Waals surface area contributed by atoms with Gasteiger partial charge in [0.05, 0.1) is 0 Å². The van der Waals surface area contributed by atoms with Gasteiger partial charge in [-0.2, -0.15) is 13.2 Å². The third kappa shape index (κ3) is 4.04. The van der Waals surface area contributed by atoms with Gasteiger partial charge in [-0.3, -0.25) is 14.8 Å². The number of halogens is 3. The van der Waals surface area contributed by atoms with Crippen LogP contribution in [0.15, 0.2) is 35.3 Å². The fourth-order valence-electron chi connectivity index (χ4n) is 1.70. The Bertz CT molecular complexity index is 654. The second kappa shape index (κ2) is 5.94. The Kier molecular flexibility index (Phi) is 4.25. The maximum atomic E-state index is 12.6. The highest BCUT2D eigenvalue weighted by Gasteiger charge is 2.33. The normalized spacial score (nSPS) is 11.4. The predicted molar refractivity (Wildman–Crippen MR) is 71.1 cm³/mol. The molecule has 0 amide bonds. The van der Waals surface area contributed by atoms with Crippen molar-refractivity contribution in [1.82, 2.24) is 15.0 Å². The van der Waals surface area contributed by atoms with Crippen LogP contribution in [-0.4, -0.2) is 28.5 Å². The van der Waals surface area contributed by atoms with Crippen molar-refractivity contribution in [3.63, 3.8) is 0 Å². The molecule has 0 bridgehead atoms. The SMILES string of the molecule is CN(CCc1ccccn1)c1nc(C(F)(F)F)cc(=O)[nH]1. The Labute approximate surface area is 118 Å². The summed E-state index contributed by atoms with van der Waals surface area (Å²) in [5.41, 5.74) is -1.23. The molecule has 0 saturated carbocycles. The van der Waals surface area contributed by atoms with Gasteiger partial charge in [-0.05, 0) is 12.1 Å². The van der Waals surface area contributed by atoms with E-state index in [1.165, 1.54) is 4.90 Å². The largest absolute Gasteiger partial charge is 0.433 e. The van der Waals surface area contributed by atoms with Crippen LogP contribution < -0.4 is 10.5 Å². The summed E-state index contributed by atoms with van der Waals surface area (Å²) in [5.74, 6) is -0.120. The van der Waals surface area contributed by atoms with Crippen molar-refractivity contribution in [2.45, 2.75) is 12.6 Å². The second-order valence-electron chi connectivity index (χ2n) is 4.44. The molecular weight excluding hydrogens is 285 g/mol. The van der Waals surface area contributed by atoms with Gasteiger partial charge >= 0.3 is 6.18 Å². The van der Waals surface area contributed by atoms with E-state index >= 15 is 0 Å². The van der Waals surface area contributed by atoms with Gasteiger partial charge in [0.1, 0.15) is 0 Å². The van der Waals surface area contributed by atoms with Crippen LogP contribution in [0.3, 0.4) is 0 Å². The summed E-state index contributed by atoms with van der Waals surface area (Å²) in [4.78, 5) is 22.6. The van der Waals surface area contributed by atoms with Gasteiger partial charge in [-0.25, -0.2) is 4.98 Å². The number of alkyl halides is 3. The van der Waals surface area contributed by atoms with E-state index in [1.807, 2.05) is 12.1 Å². The van der Waals surface area contributed by atoms with E-state index in [4.69, 9.17) is 0 Å². The maximum absolute atomic E-state index is 12.6. The van der Waals surface area contributed by atoms with E-state index < -0.39 is 17.4 Å². The summed E-state index contributed by atoms with van der Waals surface area (Å²) in [7, 11) is 1.56. The van der Waals surface area contributed by atoms with Gasteiger partial charge in [-0.1, -0.05) is 6.07 Å². The summed E-state index contributed by atoms with van der Waals surface area (Å²) < 4.78 is 37.9. The molecule has 0 aliphatic rings. The van der Waals surface area contributed by atoms with E-state index in [0.29, 0.717) is 19.0 Å². The third-order valence-electron chi connectivity index (χ3n) is 2.81. The first-order chi connectivity index (χ1) is 9.86. The monoisotopic (exact) mass is 298 g/mol. The summed E-state index contributed by atoms with van der Waals surface area (Å²) in [6.07, 6.45) is -2.48. The number of H-pyrrole nitrogens is 1. The average molecular weight is 298 g/mol. The molecule has 0 radical (unpaired) electrons. The molecule has 2 rings (SSSR count). The van der Waals surface area contributed by atoms with Crippen molar-refractivity contribution in [2.75, 3.05) is 18.5 Å². The summed E-state index contributed by atoms with van der Waals surface area (Å²) >= 11 is 0. The Morgan fingerprint density at radius 2 is 2.10 bits per heavy atom. The number of anilines is 1. The highest BCUT2D eigenvalue weighted by Crippen LogP contribution is 2.27. The molecule has 1 N–H and O–H groups in total. The molecule has 8 heteroatoms. The first kappa shape index (κ1) is 15.0. The topological polar surface area (TPSA) is 61.9 Å². The molecule has 0 aliphatic carbocycles. The molecule has 0 saturated heterocycles. The van der Waals surface area contributed by atoms with Crippen LogP contribution in [0.1, 0.15) is 11.4 Å². The maximum Gasteiger partial charge on any atom is 0.433 e. The molecule has 0 spiro atoms. The lowest BCUT2D eigenvalue weighted by Crippen LogP contribution is -2.27. The zero-order chi connectivity index (χ0) is 15.5. The average Bonchev–Trinajstić information content (AvgIpc) is 2.44. The van der Waals surface area contributed by atoms with Crippen LogP contribution in [0.4, 0.5) is 19.1 Å². The number of aromatic amines is 1. The number of rotatable bonds is 4. The van der Waals surface area contributed by atoms with Crippen LogP contribution in [0.25, 0.3) is 0 Å². The molecule has 0 fully saturated rings.